The van der Waals surface area contributed by atoms with Crippen molar-refractivity contribution >= 4 is 76.2 Å². The molecule has 11 bridgehead atoms. The van der Waals surface area contributed by atoms with Gasteiger partial charge in [-0.2, -0.15) is 0 Å². The number of carboxylic acid groups (broad SMARTS) is 1. The van der Waals surface area contributed by atoms with Crippen molar-refractivity contribution in [2.24, 2.45) is 11.5 Å². The maximum absolute atomic E-state index is 15.9. The second-order valence-electron chi connectivity index (χ2n) is 26.3. The summed E-state index contributed by atoms with van der Waals surface area (Å²) in [6.45, 7) is 2.55. The molecule has 17 atom stereocenters. The van der Waals surface area contributed by atoms with Gasteiger partial charge in [0.25, 0.3) is 0 Å². The number of carboxylic acids is 1. The van der Waals surface area contributed by atoms with Crippen LogP contribution >= 0.6 is 34.8 Å². The number of carbonyl (C=O) groups excluding carboxylic acids is 6. The first-order chi connectivity index (χ1) is 50.4. The monoisotopic (exact) mass is 1520 g/mol. The lowest BCUT2D eigenvalue weighted by atomic mass is 9.84. The molecule has 7 heterocycles. The molecule has 20 N–H and O–H groups in total. The van der Waals surface area contributed by atoms with Crippen molar-refractivity contribution < 1.29 is 113 Å². The van der Waals surface area contributed by atoms with Gasteiger partial charge in [-0.05, 0) is 120 Å². The number of phenols is 3. The number of amides is 6. The minimum Gasteiger partial charge on any atom is -0.508 e. The highest BCUT2D eigenvalue weighted by atomic mass is 35.5. The lowest BCUT2D eigenvalue weighted by Gasteiger charge is -2.48. The van der Waals surface area contributed by atoms with Gasteiger partial charge >= 0.3 is 5.97 Å². The van der Waals surface area contributed by atoms with Gasteiger partial charge in [0.15, 0.2) is 29.9 Å². The molecule has 14 rings (SSSR count). The Morgan fingerprint density at radius 1 is 0.642 bits per heavy atom. The van der Waals surface area contributed by atoms with Crippen molar-refractivity contribution in [3.8, 4) is 68.2 Å². The summed E-state index contributed by atoms with van der Waals surface area (Å²) >= 11 is 20.2. The average molecular weight is 1520 g/mol. The van der Waals surface area contributed by atoms with Crippen molar-refractivity contribution in [2.75, 3.05) is 6.61 Å². The van der Waals surface area contributed by atoms with Gasteiger partial charge in [-0.25, -0.2) is 4.79 Å². The largest absolute Gasteiger partial charge is 0.508 e. The predicted molar refractivity (Wildman–Crippen MR) is 373 cm³/mol. The molecular weight excluding hydrogens is 1450 g/mol. The van der Waals surface area contributed by atoms with E-state index in [4.69, 9.17) is 74.7 Å². The van der Waals surface area contributed by atoms with Gasteiger partial charge in [0, 0.05) is 46.3 Å². The quantitative estimate of drug-likeness (QED) is 0.0832. The highest BCUT2D eigenvalue weighted by Gasteiger charge is 2.52. The third kappa shape index (κ3) is 15.7. The third-order valence-corrected chi connectivity index (χ3v) is 19.8. The van der Waals surface area contributed by atoms with Crippen LogP contribution in [-0.4, -0.2) is 172 Å². The Morgan fingerprint density at radius 2 is 1.24 bits per heavy atom. The van der Waals surface area contributed by atoms with Crippen LogP contribution in [0.4, 0.5) is 0 Å². The topological polar surface area (TPSA) is 501 Å². The van der Waals surface area contributed by atoms with Crippen LogP contribution in [0.3, 0.4) is 0 Å². The van der Waals surface area contributed by atoms with Crippen molar-refractivity contribution in [1.82, 2.24) is 31.9 Å². The summed E-state index contributed by atoms with van der Waals surface area (Å²) in [4.78, 5) is 101. The molecule has 7 aliphatic rings. The molecule has 106 heavy (non-hydrogen) atoms. The second kappa shape index (κ2) is 30.9. The lowest BCUT2D eigenvalue weighted by molar-refractivity contribution is -0.334. The number of ether oxygens (including phenoxy) is 6. The third-order valence-electron chi connectivity index (χ3n) is 18.9. The normalized spacial score (nSPS) is 28.2. The van der Waals surface area contributed by atoms with Crippen LogP contribution < -0.4 is 57.6 Å². The summed E-state index contributed by atoms with van der Waals surface area (Å²) < 4.78 is 39.1. The van der Waals surface area contributed by atoms with Crippen LogP contribution in [0.15, 0.2) is 127 Å². The van der Waals surface area contributed by atoms with Gasteiger partial charge in [0.2, 0.25) is 47.5 Å². The maximum atomic E-state index is 15.9. The Hall–Kier alpha value is -9.94. The molecule has 2 saturated heterocycles. The van der Waals surface area contributed by atoms with Crippen LogP contribution in [0.5, 0.6) is 46.0 Å². The summed E-state index contributed by atoms with van der Waals surface area (Å²) in [5.41, 5.74) is 10.7. The average Bonchev–Trinajstić information content (AvgIpc) is 0.768. The zero-order chi connectivity index (χ0) is 76.1. The summed E-state index contributed by atoms with van der Waals surface area (Å²) in [6.07, 6.45) is -18.4. The number of primary amides is 1. The van der Waals surface area contributed by atoms with Gasteiger partial charge in [-0.1, -0.05) is 89.4 Å². The number of nitrogens with two attached hydrogens (primary N) is 2. The molecule has 2 fully saturated rings. The van der Waals surface area contributed by atoms with Gasteiger partial charge in [-0.15, -0.1) is 0 Å². The molecule has 7 aromatic rings. The minimum absolute atomic E-state index is 0.0984. The van der Waals surface area contributed by atoms with Gasteiger partial charge in [-0.3, -0.25) is 28.8 Å². The van der Waals surface area contributed by atoms with E-state index in [0.717, 1.165) is 83.4 Å². The molecule has 0 aliphatic carbocycles. The highest BCUT2D eigenvalue weighted by Crippen LogP contribution is 2.50. The number of halogens is 3. The summed E-state index contributed by atoms with van der Waals surface area (Å²) in [5.74, 6) is -14.7. The van der Waals surface area contributed by atoms with E-state index in [1.54, 1.807) is 26.0 Å². The molecule has 31 nitrogen and oxygen atoms in total. The number of fused-ring (bicyclic) bond motifs is 15. The number of aromatic hydroxyl groups is 3. The van der Waals surface area contributed by atoms with Crippen molar-refractivity contribution in [3.05, 3.63) is 176 Å². The van der Waals surface area contributed by atoms with Crippen LogP contribution in [-0.2, 0) is 54.3 Å². The van der Waals surface area contributed by atoms with E-state index in [9.17, 15) is 70.2 Å². The first-order valence-corrected chi connectivity index (χ1v) is 34.0. The Kier molecular flexibility index (Phi) is 22.1. The standard InChI is InChI=1S/C72H71Cl3N8O23/c1-28-64(93)72(2,78-26-29-3-5-30(6-4-29)31-7-12-36(73)13-8-31)25-51(101-28)105-63-61(92)60(91)49(27-84)104-71(63)106-62-47-20-35-21-48(62)103-46-16-11-34(19-41(46)75)59(90)57-69(98)82-56(70(99)100)39-22-37(85)23-44(87)52(39)38-17-32(9-14-43(38)86)54(67(96)83-57)81-68(97)55(35)80-65(94)42(24-50(76)88)79-66(95)53(77)58(89)33-10-15-45(102-47)40(74)18-33/h3-23,28,42,49,51,53-61,63-64,71,78,84-87,89-93H,24-27,77H2,1-2H3,(H2,76,88)(H,79,95)(H,80,94)(H,81,97)(H,82,98)(H,83,96)(H,99,100)/t28-,42-,49+,51-,53+,54+,55+,56+,57-,58+,59+,60+,61-,63+,64+,71-,72-/m0/s1. The molecule has 558 valence electrons. The Bertz CT molecular complexity index is 4600. The van der Waals surface area contributed by atoms with E-state index in [-0.39, 0.29) is 46.2 Å². The first-order valence-electron chi connectivity index (χ1n) is 32.9. The first kappa shape index (κ1) is 75.7. The lowest BCUT2D eigenvalue weighted by Crippen LogP contribution is -2.65. The number of hydrogen-bond acceptors (Lipinski definition) is 24. The number of aliphatic hydroxyl groups is 6. The van der Waals surface area contributed by atoms with Crippen molar-refractivity contribution in [3.63, 3.8) is 0 Å². The molecule has 0 unspecified atom stereocenters. The Balaban J connectivity index is 1.02. The maximum Gasteiger partial charge on any atom is 0.330 e. The molecule has 34 heteroatoms. The van der Waals surface area contributed by atoms with E-state index in [2.05, 4.69) is 31.9 Å². The van der Waals surface area contributed by atoms with Crippen LogP contribution in [0, 0.1) is 0 Å². The van der Waals surface area contributed by atoms with Gasteiger partial charge in [0.05, 0.1) is 35.3 Å². The van der Waals surface area contributed by atoms with E-state index < -0.39 is 219 Å². The SMILES string of the molecule is C[C@@H]1O[C@@H](O[C@H]2[C@H](Oc3c4cc5cc3Oc3ccc(cc3Cl)[C@@H](O)[C@@H](N)C(=O)N[C@@H](CC(N)=O)C(=O)N[C@H]5C(=O)N[C@H]3C(=O)N[C@H](C(=O)N[C@@H](C(=O)O)c5cc(O)cc(O)c5-c5cc3ccc5O)[C@H](O)c3ccc(c(Cl)c3)O4)O[C@H](CO)[C@@H](O)[C@@H]2O)C[C@](C)(NCc2ccc(-c3ccc(Cl)cc3)cc2)[C@@H]1O. The van der Waals surface area contributed by atoms with Gasteiger partial charge in [0.1, 0.15) is 89.5 Å². The summed E-state index contributed by atoms with van der Waals surface area (Å²) in [6, 6.07) is 15.8. The van der Waals surface area contributed by atoms with Gasteiger partial charge < -0.3 is 123 Å². The highest BCUT2D eigenvalue weighted by molar-refractivity contribution is 6.32. The number of rotatable bonds is 12. The molecule has 7 aliphatic heterocycles. The fraction of sp³-hybridized carbons (Fsp3) is 0.319. The minimum atomic E-state index is -2.30. The molecule has 0 saturated carbocycles. The molecule has 7 aromatic carbocycles. The summed E-state index contributed by atoms with van der Waals surface area (Å²) in [5, 5.41) is 130. The number of carbonyl (C=O) groups is 7. The predicted octanol–water partition coefficient (Wildman–Crippen LogP) is 3.47. The Labute approximate surface area is 616 Å². The van der Waals surface area contributed by atoms with Crippen LogP contribution in [0.2, 0.25) is 15.1 Å². The molecule has 0 aromatic heterocycles. The van der Waals surface area contributed by atoms with Crippen molar-refractivity contribution in [1.29, 1.82) is 0 Å². The van der Waals surface area contributed by atoms with E-state index in [0.29, 0.717) is 5.02 Å². The fourth-order valence-electron chi connectivity index (χ4n) is 13.2. The molecular formula is C72H71Cl3N8O23. The number of hydrogen-bond donors (Lipinski definition) is 18. The van der Waals surface area contributed by atoms with E-state index in [1.807, 2.05) is 36.4 Å². The molecule has 0 radical (unpaired) electrons. The van der Waals surface area contributed by atoms with E-state index >= 15 is 14.4 Å². The Morgan fingerprint density at radius 3 is 1.85 bits per heavy atom. The number of nitrogens with one attached hydrogen (secondary N) is 6. The van der Waals surface area contributed by atoms with Crippen molar-refractivity contribution in [2.45, 2.75) is 136 Å². The zero-order valence-electron chi connectivity index (χ0n) is 55.8. The zero-order valence-corrected chi connectivity index (χ0v) is 58.0. The second-order valence-corrected chi connectivity index (χ2v) is 27.5. The smallest absolute Gasteiger partial charge is 0.330 e. The van der Waals surface area contributed by atoms with Crippen LogP contribution in [0.25, 0.3) is 22.3 Å². The number of aliphatic carboxylic acids is 1. The van der Waals surface area contributed by atoms with E-state index in [1.165, 1.54) is 12.1 Å². The number of phenolic OH excluding ortho intramolecular Hbond substituents is 3. The van der Waals surface area contributed by atoms with Crippen LogP contribution in [0.1, 0.15) is 90.4 Å². The number of benzene rings is 7. The number of aliphatic hydroxyl groups excluding tert-OH is 6. The fourth-order valence-corrected chi connectivity index (χ4v) is 13.8. The molecule has 0 spiro atoms. The summed E-state index contributed by atoms with van der Waals surface area (Å²) in [7, 11) is 0. The molecule has 6 amide bonds.